The molecule has 0 aliphatic carbocycles. The van der Waals surface area contributed by atoms with Gasteiger partial charge in [-0.25, -0.2) is 9.37 Å². The fourth-order valence-corrected chi connectivity index (χ4v) is 4.04. The first-order valence-corrected chi connectivity index (χ1v) is 11.3. The largest absolute Gasteiger partial charge is 0.493 e. The second-order valence-electron chi connectivity index (χ2n) is 7.41. The smallest absolute Gasteiger partial charge is 0.254 e. The van der Waals surface area contributed by atoms with Crippen LogP contribution >= 0.6 is 11.3 Å². The fourth-order valence-electron chi connectivity index (χ4n) is 3.35. The third-order valence-corrected chi connectivity index (χ3v) is 5.89. The number of nitrogens with zero attached hydrogens (tertiary/aromatic N) is 2. The number of halogens is 1. The maximum Gasteiger partial charge on any atom is 0.254 e. The maximum absolute atomic E-state index is 13.4. The topological polar surface area (TPSA) is 85.0 Å². The molecule has 0 saturated heterocycles. The molecule has 176 valence electrons. The van der Waals surface area contributed by atoms with Gasteiger partial charge in [-0.15, -0.1) is 11.3 Å². The van der Waals surface area contributed by atoms with Gasteiger partial charge < -0.3 is 23.9 Å². The first-order valence-electron chi connectivity index (χ1n) is 10.5. The van der Waals surface area contributed by atoms with Crippen LogP contribution in [0, 0.1) is 5.82 Å². The normalized spacial score (nSPS) is 10.8. The molecule has 0 atom stereocenters. The number of aromatic nitrogens is 1. The van der Waals surface area contributed by atoms with E-state index in [9.17, 15) is 14.3 Å². The van der Waals surface area contributed by atoms with Crippen molar-refractivity contribution in [3.63, 3.8) is 0 Å². The molecule has 0 unspecified atom stereocenters. The second kappa shape index (κ2) is 11.0. The van der Waals surface area contributed by atoms with Crippen molar-refractivity contribution in [3.8, 4) is 11.5 Å². The van der Waals surface area contributed by atoms with Gasteiger partial charge in [0, 0.05) is 17.5 Å². The molecule has 0 saturated carbocycles. The number of hydrogen-bond donors (Lipinski definition) is 1. The van der Waals surface area contributed by atoms with E-state index >= 15 is 0 Å². The molecule has 0 radical (unpaired) electrons. The minimum atomic E-state index is -0.405. The molecule has 4 rings (SSSR count). The van der Waals surface area contributed by atoms with Crippen molar-refractivity contribution in [1.29, 1.82) is 0 Å². The van der Waals surface area contributed by atoms with Crippen molar-refractivity contribution in [2.45, 2.75) is 26.3 Å². The van der Waals surface area contributed by atoms with Crippen molar-refractivity contribution >= 4 is 17.2 Å². The molecule has 1 N–H and O–H groups in total. The molecule has 7 nitrogen and oxygen atoms in total. The number of furan rings is 1. The Bertz CT molecular complexity index is 1220. The summed E-state index contributed by atoms with van der Waals surface area (Å²) < 4.78 is 30.2. The van der Waals surface area contributed by atoms with Crippen LogP contribution in [0.3, 0.4) is 0 Å². The summed E-state index contributed by atoms with van der Waals surface area (Å²) in [7, 11) is 1.55. The number of amides is 1. The van der Waals surface area contributed by atoms with E-state index in [0.29, 0.717) is 28.5 Å². The summed E-state index contributed by atoms with van der Waals surface area (Å²) in [6.07, 6.45) is 1.55. The number of benzene rings is 2. The predicted octanol–water partition coefficient (Wildman–Crippen LogP) is 4.80. The zero-order valence-corrected chi connectivity index (χ0v) is 19.3. The highest BCUT2D eigenvalue weighted by molar-refractivity contribution is 7.09. The lowest BCUT2D eigenvalue weighted by Gasteiger charge is -2.23. The zero-order chi connectivity index (χ0) is 23.9. The Morgan fingerprint density at radius 2 is 1.97 bits per heavy atom. The highest BCUT2D eigenvalue weighted by atomic mass is 32.1. The van der Waals surface area contributed by atoms with Gasteiger partial charge in [-0.2, -0.15) is 0 Å². The first-order chi connectivity index (χ1) is 16.6. The molecular formula is C25H23FN2O5S. The van der Waals surface area contributed by atoms with Crippen LogP contribution < -0.4 is 9.47 Å². The summed E-state index contributed by atoms with van der Waals surface area (Å²) in [6, 6.07) is 14.4. The van der Waals surface area contributed by atoms with E-state index in [1.54, 1.807) is 41.9 Å². The summed E-state index contributed by atoms with van der Waals surface area (Å²) in [4.78, 5) is 19.1. The Morgan fingerprint density at radius 3 is 2.65 bits per heavy atom. The minimum absolute atomic E-state index is 0.122. The van der Waals surface area contributed by atoms with Crippen molar-refractivity contribution in [3.05, 3.63) is 99.6 Å². The lowest BCUT2D eigenvalue weighted by Crippen LogP contribution is -2.30. The molecule has 0 bridgehead atoms. The zero-order valence-electron chi connectivity index (χ0n) is 18.4. The molecule has 0 fully saturated rings. The number of rotatable bonds is 10. The fraction of sp³-hybridized carbons (Fsp3) is 0.200. The van der Waals surface area contributed by atoms with Crippen LogP contribution in [-0.4, -0.2) is 28.0 Å². The Morgan fingerprint density at radius 1 is 1.15 bits per heavy atom. The van der Waals surface area contributed by atoms with Gasteiger partial charge in [-0.1, -0.05) is 6.07 Å². The SMILES string of the molecule is COc1ccc(CN(Cc2ccco2)C(=O)c2ccc(F)cc2)cc1OCc1nc(CO)cs1. The monoisotopic (exact) mass is 482 g/mol. The summed E-state index contributed by atoms with van der Waals surface area (Å²) in [5.41, 5.74) is 1.78. The molecular weight excluding hydrogens is 459 g/mol. The van der Waals surface area contributed by atoms with Gasteiger partial charge in [0.2, 0.25) is 0 Å². The Hall–Kier alpha value is -3.69. The van der Waals surface area contributed by atoms with Gasteiger partial charge in [0.1, 0.15) is 23.2 Å². The number of aliphatic hydroxyl groups is 1. The van der Waals surface area contributed by atoms with Gasteiger partial charge in [0.15, 0.2) is 11.5 Å². The molecule has 2 heterocycles. The number of methoxy groups -OCH3 is 1. The molecule has 1 amide bonds. The lowest BCUT2D eigenvalue weighted by molar-refractivity contribution is 0.0717. The first kappa shape index (κ1) is 23.5. The molecule has 9 heteroatoms. The number of carbonyl (C=O) groups excluding carboxylic acids is 1. The Kier molecular flexibility index (Phi) is 7.56. The quantitative estimate of drug-likeness (QED) is 0.350. The van der Waals surface area contributed by atoms with E-state index in [0.717, 1.165) is 10.6 Å². The van der Waals surface area contributed by atoms with E-state index in [2.05, 4.69) is 4.98 Å². The number of ether oxygens (including phenoxy) is 2. The van der Waals surface area contributed by atoms with Gasteiger partial charge in [0.05, 0.1) is 32.2 Å². The van der Waals surface area contributed by atoms with Gasteiger partial charge >= 0.3 is 0 Å². The Balaban J connectivity index is 1.55. The summed E-state index contributed by atoms with van der Waals surface area (Å²) >= 11 is 1.40. The van der Waals surface area contributed by atoms with Gasteiger partial charge in [-0.05, 0) is 54.1 Å². The average Bonchev–Trinajstić information content (AvgIpc) is 3.54. The summed E-state index contributed by atoms with van der Waals surface area (Å²) in [6.45, 7) is 0.607. The van der Waals surface area contributed by atoms with Crippen LogP contribution in [0.4, 0.5) is 4.39 Å². The second-order valence-corrected chi connectivity index (χ2v) is 8.35. The molecule has 34 heavy (non-hydrogen) atoms. The maximum atomic E-state index is 13.4. The van der Waals surface area contributed by atoms with Crippen molar-refractivity contribution in [2.75, 3.05) is 7.11 Å². The van der Waals surface area contributed by atoms with Crippen LogP contribution in [0.5, 0.6) is 11.5 Å². The van der Waals surface area contributed by atoms with Gasteiger partial charge in [0.25, 0.3) is 5.91 Å². The molecule has 4 aromatic rings. The third-order valence-electron chi connectivity index (χ3n) is 5.02. The minimum Gasteiger partial charge on any atom is -0.493 e. The molecule has 2 aromatic carbocycles. The van der Waals surface area contributed by atoms with Crippen molar-refractivity contribution in [1.82, 2.24) is 9.88 Å². The van der Waals surface area contributed by atoms with Crippen LogP contribution in [0.2, 0.25) is 0 Å². The third kappa shape index (κ3) is 5.81. The number of thiazole rings is 1. The van der Waals surface area contributed by atoms with E-state index in [1.807, 2.05) is 12.1 Å². The lowest BCUT2D eigenvalue weighted by atomic mass is 10.1. The standard InChI is InChI=1S/C25H23FN2O5S/c1-31-22-9-4-17(11-23(22)33-15-24-27-20(14-29)16-34-24)12-28(13-21-3-2-10-32-21)25(30)18-5-7-19(26)8-6-18/h2-11,16,29H,12-15H2,1H3. The van der Waals surface area contributed by atoms with Crippen molar-refractivity contribution < 1.29 is 28.2 Å². The average molecular weight is 483 g/mol. The highest BCUT2D eigenvalue weighted by Crippen LogP contribution is 2.30. The van der Waals surface area contributed by atoms with Crippen molar-refractivity contribution in [2.24, 2.45) is 0 Å². The van der Waals surface area contributed by atoms with Gasteiger partial charge in [-0.3, -0.25) is 4.79 Å². The van der Waals surface area contributed by atoms with E-state index < -0.39 is 5.82 Å². The molecule has 0 aliphatic rings. The highest BCUT2D eigenvalue weighted by Gasteiger charge is 2.19. The molecule has 0 aliphatic heterocycles. The van der Waals surface area contributed by atoms with Crippen LogP contribution in [-0.2, 0) is 26.3 Å². The number of aliphatic hydroxyl groups excluding tert-OH is 1. The Labute approximate surface area is 200 Å². The van der Waals surface area contributed by atoms with E-state index in [1.165, 1.54) is 35.6 Å². The van der Waals surface area contributed by atoms with E-state index in [4.69, 9.17) is 13.9 Å². The number of carbonyl (C=O) groups is 1. The van der Waals surface area contributed by atoms with E-state index in [-0.39, 0.29) is 32.2 Å². The number of hydrogen-bond acceptors (Lipinski definition) is 7. The molecule has 0 spiro atoms. The van der Waals surface area contributed by atoms with Crippen LogP contribution in [0.25, 0.3) is 0 Å². The predicted molar refractivity (Wildman–Crippen MR) is 124 cm³/mol. The molecule has 2 aromatic heterocycles. The summed E-state index contributed by atoms with van der Waals surface area (Å²) in [5, 5.41) is 11.7. The summed E-state index contributed by atoms with van der Waals surface area (Å²) in [5.74, 6) is 1.02. The van der Waals surface area contributed by atoms with Crippen LogP contribution in [0.1, 0.15) is 32.4 Å². The van der Waals surface area contributed by atoms with Crippen LogP contribution in [0.15, 0.2) is 70.7 Å².